The van der Waals surface area contributed by atoms with E-state index in [1.54, 1.807) is 16.7 Å². The molecule has 0 aromatic heterocycles. The van der Waals surface area contributed by atoms with Gasteiger partial charge in [0.05, 0.1) is 18.7 Å². The number of hydrogen-bond acceptors (Lipinski definition) is 6. The van der Waals surface area contributed by atoms with E-state index in [1.807, 2.05) is 0 Å². The van der Waals surface area contributed by atoms with Crippen molar-refractivity contribution in [1.29, 1.82) is 0 Å². The van der Waals surface area contributed by atoms with Gasteiger partial charge in [-0.25, -0.2) is 4.79 Å². The molecule has 1 saturated heterocycles. The van der Waals surface area contributed by atoms with Crippen LogP contribution in [-0.4, -0.2) is 74.2 Å². The lowest BCUT2D eigenvalue weighted by molar-refractivity contribution is -0.119. The summed E-state index contributed by atoms with van der Waals surface area (Å²) in [5.74, 6) is -0.549. The zero-order valence-corrected chi connectivity index (χ0v) is 16.0. The minimum atomic E-state index is -0.659. The highest BCUT2D eigenvalue weighted by atomic mass is 35.5. The Morgan fingerprint density at radius 1 is 1.15 bits per heavy atom. The second-order valence-corrected chi connectivity index (χ2v) is 6.13. The summed E-state index contributed by atoms with van der Waals surface area (Å²) in [6, 6.07) is 2.93. The lowest BCUT2D eigenvalue weighted by Gasteiger charge is -2.34. The van der Waals surface area contributed by atoms with Gasteiger partial charge in [-0.3, -0.25) is 9.59 Å². The van der Waals surface area contributed by atoms with E-state index in [1.165, 1.54) is 19.2 Å². The van der Waals surface area contributed by atoms with Crippen molar-refractivity contribution in [3.8, 4) is 11.5 Å². The Morgan fingerprint density at radius 2 is 1.78 bits per heavy atom. The van der Waals surface area contributed by atoms with Crippen LogP contribution in [0.25, 0.3) is 0 Å². The van der Waals surface area contributed by atoms with Crippen LogP contribution in [0.2, 0.25) is 5.02 Å². The zero-order chi connectivity index (χ0) is 20.0. The number of halogens is 1. The minimum Gasteiger partial charge on any atom is -0.493 e. The number of amides is 3. The van der Waals surface area contributed by atoms with Gasteiger partial charge >= 0.3 is 6.09 Å². The molecule has 148 valence electrons. The van der Waals surface area contributed by atoms with E-state index in [-0.39, 0.29) is 35.1 Å². The number of piperazine rings is 1. The third-order valence-electron chi connectivity index (χ3n) is 3.93. The SMILES string of the molecule is CCOC(=O)N1CCN(C(=O)c2cc(Cl)c(OCC(N)=O)c(OC)c2)CC1. The molecule has 3 amide bonds. The van der Waals surface area contributed by atoms with E-state index in [9.17, 15) is 14.4 Å². The van der Waals surface area contributed by atoms with E-state index >= 15 is 0 Å². The Morgan fingerprint density at radius 3 is 2.33 bits per heavy atom. The number of nitrogens with two attached hydrogens (primary N) is 1. The first-order chi connectivity index (χ1) is 12.9. The predicted octanol–water partition coefficient (Wildman–Crippen LogP) is 1.13. The molecule has 27 heavy (non-hydrogen) atoms. The summed E-state index contributed by atoms with van der Waals surface area (Å²) in [7, 11) is 1.40. The molecule has 2 N–H and O–H groups in total. The summed E-state index contributed by atoms with van der Waals surface area (Å²) < 4.78 is 15.4. The Balaban J connectivity index is 2.09. The van der Waals surface area contributed by atoms with E-state index < -0.39 is 5.91 Å². The molecule has 1 fully saturated rings. The summed E-state index contributed by atoms with van der Waals surface area (Å²) in [6.07, 6.45) is -0.384. The lowest BCUT2D eigenvalue weighted by atomic mass is 10.1. The van der Waals surface area contributed by atoms with Crippen LogP contribution in [0.4, 0.5) is 4.79 Å². The molecule has 1 aromatic rings. The Kier molecular flexibility index (Phi) is 7.12. The first kappa shape index (κ1) is 20.6. The molecular formula is C17H22ClN3O6. The molecule has 0 unspecified atom stereocenters. The molecule has 1 aliphatic rings. The predicted molar refractivity (Wildman–Crippen MR) is 97.2 cm³/mol. The van der Waals surface area contributed by atoms with Crippen molar-refractivity contribution in [2.24, 2.45) is 5.73 Å². The van der Waals surface area contributed by atoms with Gasteiger partial charge < -0.3 is 29.7 Å². The minimum absolute atomic E-state index is 0.129. The summed E-state index contributed by atoms with van der Waals surface area (Å²) in [4.78, 5) is 38.6. The first-order valence-corrected chi connectivity index (χ1v) is 8.74. The monoisotopic (exact) mass is 399 g/mol. The normalized spacial score (nSPS) is 13.9. The highest BCUT2D eigenvalue weighted by molar-refractivity contribution is 6.32. The molecule has 0 radical (unpaired) electrons. The molecule has 0 saturated carbocycles. The molecule has 0 spiro atoms. The molecule has 0 bridgehead atoms. The van der Waals surface area contributed by atoms with Crippen molar-refractivity contribution in [1.82, 2.24) is 9.80 Å². The van der Waals surface area contributed by atoms with E-state index in [4.69, 9.17) is 31.5 Å². The summed E-state index contributed by atoms with van der Waals surface area (Å²) in [6.45, 7) is 3.20. The van der Waals surface area contributed by atoms with Crippen LogP contribution < -0.4 is 15.2 Å². The number of carbonyl (C=O) groups is 3. The molecular weight excluding hydrogens is 378 g/mol. The second kappa shape index (κ2) is 9.31. The van der Waals surface area contributed by atoms with E-state index in [0.717, 1.165) is 0 Å². The van der Waals surface area contributed by atoms with Crippen LogP contribution >= 0.6 is 11.6 Å². The van der Waals surface area contributed by atoms with Crippen molar-refractivity contribution in [3.05, 3.63) is 22.7 Å². The van der Waals surface area contributed by atoms with Crippen molar-refractivity contribution in [2.75, 3.05) is 46.5 Å². The number of ether oxygens (including phenoxy) is 3. The van der Waals surface area contributed by atoms with Crippen molar-refractivity contribution in [3.63, 3.8) is 0 Å². The van der Waals surface area contributed by atoms with Gasteiger partial charge in [0.2, 0.25) is 0 Å². The fraction of sp³-hybridized carbons (Fsp3) is 0.471. The van der Waals surface area contributed by atoms with Crippen molar-refractivity contribution in [2.45, 2.75) is 6.92 Å². The topological polar surface area (TPSA) is 111 Å². The van der Waals surface area contributed by atoms with Crippen LogP contribution in [0, 0.1) is 0 Å². The number of rotatable bonds is 6. The first-order valence-electron chi connectivity index (χ1n) is 8.37. The Bertz CT molecular complexity index is 719. The van der Waals surface area contributed by atoms with Crippen LogP contribution in [0.3, 0.4) is 0 Å². The molecule has 10 heteroatoms. The van der Waals surface area contributed by atoms with Gasteiger partial charge in [0.1, 0.15) is 0 Å². The molecule has 0 atom stereocenters. The number of nitrogens with zero attached hydrogens (tertiary/aromatic N) is 2. The zero-order valence-electron chi connectivity index (χ0n) is 15.2. The fourth-order valence-corrected chi connectivity index (χ4v) is 2.88. The second-order valence-electron chi connectivity index (χ2n) is 5.72. The number of carbonyl (C=O) groups excluding carboxylic acids is 3. The highest BCUT2D eigenvalue weighted by Gasteiger charge is 2.26. The van der Waals surface area contributed by atoms with Crippen molar-refractivity contribution < 1.29 is 28.6 Å². The molecule has 0 aliphatic carbocycles. The Labute approximate surface area is 161 Å². The average molecular weight is 400 g/mol. The third kappa shape index (κ3) is 5.16. The highest BCUT2D eigenvalue weighted by Crippen LogP contribution is 2.36. The van der Waals surface area contributed by atoms with Crippen molar-refractivity contribution >= 4 is 29.5 Å². The number of benzene rings is 1. The maximum atomic E-state index is 12.8. The van der Waals surface area contributed by atoms with Gasteiger partial charge in [-0.2, -0.15) is 0 Å². The molecule has 1 aromatic carbocycles. The molecule has 2 rings (SSSR count). The number of primary amides is 1. The van der Waals surface area contributed by atoms with Crippen LogP contribution in [0.5, 0.6) is 11.5 Å². The number of hydrogen-bond donors (Lipinski definition) is 1. The van der Waals surface area contributed by atoms with E-state index in [2.05, 4.69) is 0 Å². The lowest BCUT2D eigenvalue weighted by Crippen LogP contribution is -2.50. The standard InChI is InChI=1S/C17H22ClN3O6/c1-3-26-17(24)21-6-4-20(5-7-21)16(23)11-8-12(18)15(13(9-11)25-2)27-10-14(19)22/h8-9H,3-7,10H2,1-2H3,(H2,19,22). The average Bonchev–Trinajstić information content (AvgIpc) is 2.66. The van der Waals surface area contributed by atoms with Gasteiger partial charge in [-0.1, -0.05) is 11.6 Å². The number of methoxy groups -OCH3 is 1. The quantitative estimate of drug-likeness (QED) is 0.767. The summed E-state index contributed by atoms with van der Waals surface area (Å²) in [5, 5.41) is 0.129. The Hall–Kier alpha value is -2.68. The molecule has 1 heterocycles. The van der Waals surface area contributed by atoms with Gasteiger partial charge in [-0.15, -0.1) is 0 Å². The smallest absolute Gasteiger partial charge is 0.409 e. The van der Waals surface area contributed by atoms with Crippen LogP contribution in [-0.2, 0) is 9.53 Å². The maximum absolute atomic E-state index is 12.8. The van der Waals surface area contributed by atoms with Crippen LogP contribution in [0.15, 0.2) is 12.1 Å². The maximum Gasteiger partial charge on any atom is 0.409 e. The van der Waals surface area contributed by atoms with E-state index in [0.29, 0.717) is 38.3 Å². The summed E-state index contributed by atoms with van der Waals surface area (Å²) >= 11 is 6.18. The van der Waals surface area contributed by atoms with Gasteiger partial charge in [0.25, 0.3) is 11.8 Å². The fourth-order valence-electron chi connectivity index (χ4n) is 2.62. The largest absolute Gasteiger partial charge is 0.493 e. The van der Waals surface area contributed by atoms with Gasteiger partial charge in [0.15, 0.2) is 18.1 Å². The molecule has 1 aliphatic heterocycles. The third-order valence-corrected chi connectivity index (χ3v) is 4.21. The van der Waals surface area contributed by atoms with Gasteiger partial charge in [0, 0.05) is 31.7 Å². The van der Waals surface area contributed by atoms with Gasteiger partial charge in [-0.05, 0) is 19.1 Å². The molecule has 9 nitrogen and oxygen atoms in total. The van der Waals surface area contributed by atoms with Crippen LogP contribution in [0.1, 0.15) is 17.3 Å². The summed E-state index contributed by atoms with van der Waals surface area (Å²) in [5.41, 5.74) is 5.38.